The van der Waals surface area contributed by atoms with E-state index in [0.29, 0.717) is 12.0 Å². The fourth-order valence-corrected chi connectivity index (χ4v) is 6.12. The maximum atomic E-state index is 13.0. The molecule has 3 rings (SSSR count). The summed E-state index contributed by atoms with van der Waals surface area (Å²) in [6.45, 7) is 0.947. The molecular formula is C20H26N2O7S. The molecule has 1 saturated heterocycles. The van der Waals surface area contributed by atoms with Crippen molar-refractivity contribution in [2.75, 3.05) is 18.1 Å². The highest BCUT2D eigenvalue weighted by atomic mass is 32.2. The maximum Gasteiger partial charge on any atom is 0.345 e. The highest BCUT2D eigenvalue weighted by Crippen LogP contribution is 2.29. The van der Waals surface area contributed by atoms with Crippen LogP contribution in [0.25, 0.3) is 0 Å². The monoisotopic (exact) mass is 438 g/mol. The number of benzene rings is 1. The van der Waals surface area contributed by atoms with E-state index in [-0.39, 0.29) is 28.8 Å². The number of nitrogens with zero attached hydrogens (tertiary/aromatic N) is 2. The number of ether oxygens (including phenoxy) is 1. The summed E-state index contributed by atoms with van der Waals surface area (Å²) in [5.74, 6) is -1.43. The van der Waals surface area contributed by atoms with E-state index < -0.39 is 39.3 Å². The summed E-state index contributed by atoms with van der Waals surface area (Å²) in [4.78, 5) is 37.7. The Bertz CT molecular complexity index is 938. The molecule has 0 radical (unpaired) electrons. The molecule has 1 atom stereocenters. The Morgan fingerprint density at radius 3 is 2.47 bits per heavy atom. The number of amides is 1. The van der Waals surface area contributed by atoms with Crippen LogP contribution in [0, 0.1) is 17.0 Å². The number of sulfone groups is 1. The second kappa shape index (κ2) is 9.11. The average molecular weight is 439 g/mol. The van der Waals surface area contributed by atoms with Crippen LogP contribution in [-0.4, -0.2) is 60.3 Å². The van der Waals surface area contributed by atoms with Crippen LogP contribution in [0.3, 0.4) is 0 Å². The van der Waals surface area contributed by atoms with Gasteiger partial charge in [0, 0.05) is 17.6 Å². The summed E-state index contributed by atoms with van der Waals surface area (Å²) in [5, 5.41) is 11.3. The van der Waals surface area contributed by atoms with Crippen molar-refractivity contribution in [3.63, 3.8) is 0 Å². The first-order chi connectivity index (χ1) is 14.2. The Hall–Kier alpha value is -2.49. The number of hydrogen-bond donors (Lipinski definition) is 0. The molecule has 0 N–H and O–H groups in total. The lowest BCUT2D eigenvalue weighted by molar-refractivity contribution is -0.385. The van der Waals surface area contributed by atoms with Crippen molar-refractivity contribution >= 4 is 27.4 Å². The summed E-state index contributed by atoms with van der Waals surface area (Å²) in [6.07, 6.45) is 4.96. The predicted molar refractivity (Wildman–Crippen MR) is 109 cm³/mol. The van der Waals surface area contributed by atoms with E-state index in [4.69, 9.17) is 4.74 Å². The van der Waals surface area contributed by atoms with E-state index >= 15 is 0 Å². The summed E-state index contributed by atoms with van der Waals surface area (Å²) in [6, 6.07) is 3.83. The van der Waals surface area contributed by atoms with Crippen molar-refractivity contribution in [3.05, 3.63) is 39.4 Å². The van der Waals surface area contributed by atoms with Crippen LogP contribution >= 0.6 is 0 Å². The molecule has 1 amide bonds. The van der Waals surface area contributed by atoms with Gasteiger partial charge < -0.3 is 9.64 Å². The molecule has 0 aromatic heterocycles. The van der Waals surface area contributed by atoms with Crippen molar-refractivity contribution in [2.24, 2.45) is 0 Å². The molecule has 10 heteroatoms. The van der Waals surface area contributed by atoms with Crippen LogP contribution in [-0.2, 0) is 19.4 Å². The van der Waals surface area contributed by atoms with Gasteiger partial charge in [-0.1, -0.05) is 31.4 Å². The van der Waals surface area contributed by atoms with Gasteiger partial charge in [0.15, 0.2) is 16.4 Å². The number of aryl methyl sites for hydroxylation is 1. The minimum Gasteiger partial charge on any atom is -0.452 e. The number of carbonyl (C=O) groups excluding carboxylic acids is 2. The van der Waals surface area contributed by atoms with Gasteiger partial charge in [0.25, 0.3) is 11.6 Å². The van der Waals surface area contributed by atoms with Gasteiger partial charge in [0.1, 0.15) is 5.56 Å². The third-order valence-corrected chi connectivity index (χ3v) is 7.58. The fraction of sp³-hybridized carbons (Fsp3) is 0.600. The van der Waals surface area contributed by atoms with E-state index in [1.165, 1.54) is 25.1 Å². The van der Waals surface area contributed by atoms with Crippen molar-refractivity contribution in [1.29, 1.82) is 0 Å². The second-order valence-electron chi connectivity index (χ2n) is 7.95. The second-order valence-corrected chi connectivity index (χ2v) is 10.2. The molecule has 9 nitrogen and oxygen atoms in total. The van der Waals surface area contributed by atoms with Gasteiger partial charge in [-0.15, -0.1) is 0 Å². The van der Waals surface area contributed by atoms with E-state index in [0.717, 1.165) is 32.1 Å². The van der Waals surface area contributed by atoms with Gasteiger partial charge in [-0.3, -0.25) is 14.9 Å². The Balaban J connectivity index is 1.74. The minimum atomic E-state index is -3.18. The highest BCUT2D eigenvalue weighted by Gasteiger charge is 2.39. The zero-order valence-corrected chi connectivity index (χ0v) is 17.7. The summed E-state index contributed by atoms with van der Waals surface area (Å²) in [7, 11) is -3.18. The lowest BCUT2D eigenvalue weighted by Gasteiger charge is -2.38. The first-order valence-corrected chi connectivity index (χ1v) is 11.9. The number of nitro benzene ring substituents is 1. The zero-order valence-electron chi connectivity index (χ0n) is 16.9. The molecule has 0 spiro atoms. The number of carbonyl (C=O) groups is 2. The van der Waals surface area contributed by atoms with Gasteiger partial charge in [-0.25, -0.2) is 13.2 Å². The van der Waals surface area contributed by atoms with E-state index in [1.807, 2.05) is 0 Å². The molecule has 1 heterocycles. The number of hydrogen-bond acceptors (Lipinski definition) is 7. The molecule has 2 fully saturated rings. The molecule has 1 aromatic carbocycles. The van der Waals surface area contributed by atoms with Gasteiger partial charge in [-0.05, 0) is 32.3 Å². The Labute approximate surface area is 175 Å². The third-order valence-electron chi connectivity index (χ3n) is 5.82. The van der Waals surface area contributed by atoms with Gasteiger partial charge >= 0.3 is 5.97 Å². The molecule has 1 saturated carbocycles. The molecule has 0 bridgehead atoms. The highest BCUT2D eigenvalue weighted by molar-refractivity contribution is 7.91. The predicted octanol–water partition coefficient (Wildman–Crippen LogP) is 2.41. The average Bonchev–Trinajstić information content (AvgIpc) is 3.05. The SMILES string of the molecule is Cc1cccc(C(=O)OCC(=O)N(C2CCCCC2)[C@H]2CCS(=O)(=O)C2)c1[N+](=O)[O-]. The molecule has 1 aliphatic heterocycles. The minimum absolute atomic E-state index is 0.0451. The van der Waals surface area contributed by atoms with E-state index in [2.05, 4.69) is 0 Å². The molecule has 1 aromatic rings. The van der Waals surface area contributed by atoms with Crippen LogP contribution in [0.1, 0.15) is 54.4 Å². The van der Waals surface area contributed by atoms with Crippen LogP contribution in [0.4, 0.5) is 5.69 Å². The Morgan fingerprint density at radius 1 is 1.17 bits per heavy atom. The Morgan fingerprint density at radius 2 is 1.87 bits per heavy atom. The van der Waals surface area contributed by atoms with Crippen molar-refractivity contribution in [2.45, 2.75) is 57.5 Å². The quantitative estimate of drug-likeness (QED) is 0.379. The first-order valence-electron chi connectivity index (χ1n) is 10.1. The molecule has 1 aliphatic carbocycles. The lowest BCUT2D eigenvalue weighted by atomic mass is 9.93. The van der Waals surface area contributed by atoms with Crippen molar-refractivity contribution in [3.8, 4) is 0 Å². The molecule has 0 unspecified atom stereocenters. The van der Waals surface area contributed by atoms with Gasteiger partial charge in [0.2, 0.25) is 0 Å². The third kappa shape index (κ3) is 4.97. The van der Waals surface area contributed by atoms with Crippen molar-refractivity contribution in [1.82, 2.24) is 4.90 Å². The normalized spacial score (nSPS) is 21.2. The van der Waals surface area contributed by atoms with E-state index in [9.17, 15) is 28.1 Å². The van der Waals surface area contributed by atoms with Crippen LogP contribution < -0.4 is 0 Å². The van der Waals surface area contributed by atoms with Gasteiger partial charge in [-0.2, -0.15) is 0 Å². The number of nitro groups is 1. The lowest BCUT2D eigenvalue weighted by Crippen LogP contribution is -2.50. The standard InChI is InChI=1S/C20H26N2O7S/c1-14-6-5-9-17(19(14)22(25)26)20(24)29-12-18(23)21(15-7-3-2-4-8-15)16-10-11-30(27,28)13-16/h5-6,9,15-16H,2-4,7-8,10-13H2,1H3/t16-/m0/s1. The van der Waals surface area contributed by atoms with E-state index in [1.54, 1.807) is 4.90 Å². The largest absolute Gasteiger partial charge is 0.452 e. The van der Waals surface area contributed by atoms with Crippen LogP contribution in [0.2, 0.25) is 0 Å². The van der Waals surface area contributed by atoms with Crippen LogP contribution in [0.15, 0.2) is 18.2 Å². The molecule has 30 heavy (non-hydrogen) atoms. The first kappa shape index (κ1) is 22.2. The smallest absolute Gasteiger partial charge is 0.345 e. The maximum absolute atomic E-state index is 13.0. The molecular weight excluding hydrogens is 412 g/mol. The topological polar surface area (TPSA) is 124 Å². The molecule has 2 aliphatic rings. The van der Waals surface area contributed by atoms with Gasteiger partial charge in [0.05, 0.1) is 16.4 Å². The Kier molecular flexibility index (Phi) is 6.74. The summed E-state index contributed by atoms with van der Waals surface area (Å²) in [5.41, 5.74) is -0.234. The molecule has 164 valence electrons. The number of esters is 1. The fourth-order valence-electron chi connectivity index (χ4n) is 4.40. The number of rotatable bonds is 6. The zero-order chi connectivity index (χ0) is 21.9. The summed E-state index contributed by atoms with van der Waals surface area (Å²) >= 11 is 0. The van der Waals surface area contributed by atoms with Crippen molar-refractivity contribution < 1.29 is 27.7 Å². The van der Waals surface area contributed by atoms with Crippen LogP contribution in [0.5, 0.6) is 0 Å². The summed E-state index contributed by atoms with van der Waals surface area (Å²) < 4.78 is 29.0. The number of para-hydroxylation sites is 1.